The number of carbonyl (C=O) groups is 1. The van der Waals surface area contributed by atoms with Crippen molar-refractivity contribution in [3.8, 4) is 0 Å². The van der Waals surface area contributed by atoms with Gasteiger partial charge in [-0.1, -0.05) is 15.9 Å². The number of nitrogen functional groups attached to an aromatic ring is 1. The maximum atomic E-state index is 12.7. The molecule has 2 rings (SSSR count). The number of amides is 1. The fraction of sp³-hybridized carbons (Fsp3) is 0.167. The lowest BCUT2D eigenvalue weighted by atomic mass is 10.2. The first-order valence-electron chi connectivity index (χ1n) is 5.70. The van der Waals surface area contributed by atoms with Crippen LogP contribution in [0.2, 0.25) is 0 Å². The molecular formula is C12H10BrF3N4O. The highest BCUT2D eigenvalue weighted by Crippen LogP contribution is 2.33. The number of aromatic nitrogens is 2. The van der Waals surface area contributed by atoms with Gasteiger partial charge in [-0.2, -0.15) is 18.3 Å². The molecule has 0 fully saturated rings. The fourth-order valence-electron chi connectivity index (χ4n) is 1.64. The first-order chi connectivity index (χ1) is 9.74. The molecule has 1 aromatic heterocycles. The van der Waals surface area contributed by atoms with Crippen molar-refractivity contribution in [2.24, 2.45) is 0 Å². The standard InChI is InChI=1S/C12H10BrF3N4O/c13-8-3-7(12(14,15)16)4-9(5-8)18-11(21)6-20-2-1-10(17)19-20/h1-5H,6H2,(H2,17,19)(H,18,21). The second-order valence-corrected chi connectivity index (χ2v) is 5.13. The largest absolute Gasteiger partial charge is 0.416 e. The van der Waals surface area contributed by atoms with Crippen LogP contribution in [0.5, 0.6) is 0 Å². The van der Waals surface area contributed by atoms with Crippen LogP contribution in [-0.2, 0) is 17.5 Å². The molecular weight excluding hydrogens is 353 g/mol. The normalized spacial score (nSPS) is 11.4. The monoisotopic (exact) mass is 362 g/mol. The van der Waals surface area contributed by atoms with Crippen LogP contribution >= 0.6 is 15.9 Å². The van der Waals surface area contributed by atoms with Gasteiger partial charge in [0.25, 0.3) is 0 Å². The Hall–Kier alpha value is -2.03. The van der Waals surface area contributed by atoms with E-state index in [0.29, 0.717) is 0 Å². The van der Waals surface area contributed by atoms with Gasteiger partial charge in [-0.05, 0) is 24.3 Å². The van der Waals surface area contributed by atoms with Crippen LogP contribution < -0.4 is 11.1 Å². The van der Waals surface area contributed by atoms with Gasteiger partial charge < -0.3 is 11.1 Å². The molecule has 112 valence electrons. The number of nitrogens with two attached hydrogens (primary N) is 1. The molecule has 3 N–H and O–H groups in total. The van der Waals surface area contributed by atoms with Crippen molar-refractivity contribution in [3.05, 3.63) is 40.5 Å². The summed E-state index contributed by atoms with van der Waals surface area (Å²) in [7, 11) is 0. The van der Waals surface area contributed by atoms with Crippen molar-refractivity contribution in [2.45, 2.75) is 12.7 Å². The van der Waals surface area contributed by atoms with E-state index in [2.05, 4.69) is 26.3 Å². The van der Waals surface area contributed by atoms with Gasteiger partial charge in [-0.3, -0.25) is 9.48 Å². The van der Waals surface area contributed by atoms with Crippen molar-refractivity contribution >= 4 is 33.3 Å². The van der Waals surface area contributed by atoms with Crippen LogP contribution in [0, 0.1) is 0 Å². The summed E-state index contributed by atoms with van der Waals surface area (Å²) in [5.41, 5.74) is 4.59. The maximum absolute atomic E-state index is 12.7. The predicted molar refractivity (Wildman–Crippen MR) is 74.4 cm³/mol. The number of carbonyl (C=O) groups excluding carboxylic acids is 1. The van der Waals surface area contributed by atoms with E-state index in [1.54, 1.807) is 0 Å². The van der Waals surface area contributed by atoms with E-state index < -0.39 is 17.6 Å². The first-order valence-corrected chi connectivity index (χ1v) is 6.50. The molecule has 0 aliphatic rings. The molecule has 9 heteroatoms. The van der Waals surface area contributed by atoms with E-state index in [1.807, 2.05) is 0 Å². The highest BCUT2D eigenvalue weighted by molar-refractivity contribution is 9.10. The average Bonchev–Trinajstić information content (AvgIpc) is 2.72. The zero-order valence-electron chi connectivity index (χ0n) is 10.5. The average molecular weight is 363 g/mol. The summed E-state index contributed by atoms with van der Waals surface area (Å²) in [6.45, 7) is -0.148. The van der Waals surface area contributed by atoms with E-state index >= 15 is 0 Å². The van der Waals surface area contributed by atoms with Crippen LogP contribution in [0.15, 0.2) is 34.9 Å². The van der Waals surface area contributed by atoms with Crippen molar-refractivity contribution < 1.29 is 18.0 Å². The first kappa shape index (κ1) is 15.4. The summed E-state index contributed by atoms with van der Waals surface area (Å²) in [5.74, 6) is -0.256. The molecule has 0 aliphatic heterocycles. The van der Waals surface area contributed by atoms with Gasteiger partial charge in [0.05, 0.1) is 5.56 Å². The van der Waals surface area contributed by atoms with Gasteiger partial charge in [0.1, 0.15) is 12.4 Å². The number of hydrogen-bond acceptors (Lipinski definition) is 3. The highest BCUT2D eigenvalue weighted by atomic mass is 79.9. The van der Waals surface area contributed by atoms with E-state index in [-0.39, 0.29) is 22.5 Å². The smallest absolute Gasteiger partial charge is 0.382 e. The number of benzene rings is 1. The fourth-order valence-corrected chi connectivity index (χ4v) is 2.13. The van der Waals surface area contributed by atoms with Crippen molar-refractivity contribution in [1.29, 1.82) is 0 Å². The molecule has 0 saturated carbocycles. The number of hydrogen-bond donors (Lipinski definition) is 2. The number of nitrogens with zero attached hydrogens (tertiary/aromatic N) is 2. The minimum absolute atomic E-state index is 0.0434. The van der Waals surface area contributed by atoms with Gasteiger partial charge in [-0.25, -0.2) is 0 Å². The Kier molecular flexibility index (Phi) is 4.21. The summed E-state index contributed by atoms with van der Waals surface area (Å²) in [5, 5.41) is 6.19. The SMILES string of the molecule is Nc1ccn(CC(=O)Nc2cc(Br)cc(C(F)(F)F)c2)n1. The summed E-state index contributed by atoms with van der Waals surface area (Å²) >= 11 is 2.98. The molecule has 0 atom stereocenters. The minimum Gasteiger partial charge on any atom is -0.382 e. The predicted octanol–water partition coefficient (Wildman–Crippen LogP) is 2.89. The van der Waals surface area contributed by atoms with Gasteiger partial charge in [0.2, 0.25) is 5.91 Å². The zero-order chi connectivity index (χ0) is 15.6. The molecule has 0 bridgehead atoms. The summed E-state index contributed by atoms with van der Waals surface area (Å²) < 4.78 is 39.5. The van der Waals surface area contributed by atoms with Gasteiger partial charge >= 0.3 is 6.18 Å². The van der Waals surface area contributed by atoms with Crippen LogP contribution in [0.3, 0.4) is 0 Å². The van der Waals surface area contributed by atoms with Crippen molar-refractivity contribution in [1.82, 2.24) is 9.78 Å². The van der Waals surface area contributed by atoms with Crippen LogP contribution in [0.25, 0.3) is 0 Å². The molecule has 0 unspecified atom stereocenters. The molecule has 2 aromatic rings. The second-order valence-electron chi connectivity index (χ2n) is 4.21. The zero-order valence-corrected chi connectivity index (χ0v) is 12.1. The molecule has 5 nitrogen and oxygen atoms in total. The van der Waals surface area contributed by atoms with Gasteiger partial charge in [0, 0.05) is 16.4 Å². The summed E-state index contributed by atoms with van der Waals surface area (Å²) in [6.07, 6.45) is -2.99. The van der Waals surface area contributed by atoms with Crippen molar-refractivity contribution in [2.75, 3.05) is 11.1 Å². The third kappa shape index (κ3) is 4.22. The highest BCUT2D eigenvalue weighted by Gasteiger charge is 2.31. The quantitative estimate of drug-likeness (QED) is 0.881. The van der Waals surface area contributed by atoms with Crippen LogP contribution in [-0.4, -0.2) is 15.7 Å². The lowest BCUT2D eigenvalue weighted by Gasteiger charge is -2.11. The Morgan fingerprint density at radius 1 is 1.38 bits per heavy atom. The number of halogens is 4. The molecule has 1 heterocycles. The number of anilines is 2. The Morgan fingerprint density at radius 3 is 2.67 bits per heavy atom. The van der Waals surface area contributed by atoms with E-state index in [0.717, 1.165) is 12.1 Å². The minimum atomic E-state index is -4.49. The number of nitrogens with one attached hydrogen (secondary N) is 1. The van der Waals surface area contributed by atoms with Gasteiger partial charge in [0.15, 0.2) is 0 Å². The molecule has 21 heavy (non-hydrogen) atoms. The Bertz CT molecular complexity index is 669. The van der Waals surface area contributed by atoms with E-state index in [4.69, 9.17) is 5.73 Å². The molecule has 0 spiro atoms. The maximum Gasteiger partial charge on any atom is 0.416 e. The van der Waals surface area contributed by atoms with Crippen molar-refractivity contribution in [3.63, 3.8) is 0 Å². The summed E-state index contributed by atoms with van der Waals surface area (Å²) in [4.78, 5) is 11.8. The Balaban J connectivity index is 2.12. The molecule has 0 aliphatic carbocycles. The van der Waals surface area contributed by atoms with Crippen LogP contribution in [0.4, 0.5) is 24.7 Å². The topological polar surface area (TPSA) is 72.9 Å². The number of rotatable bonds is 3. The third-order valence-electron chi connectivity index (χ3n) is 2.48. The molecule has 0 radical (unpaired) electrons. The second kappa shape index (κ2) is 5.76. The van der Waals surface area contributed by atoms with E-state index in [1.165, 1.54) is 23.0 Å². The third-order valence-corrected chi connectivity index (χ3v) is 2.93. The Morgan fingerprint density at radius 2 is 2.10 bits per heavy atom. The molecule has 1 aromatic carbocycles. The van der Waals surface area contributed by atoms with Crippen LogP contribution in [0.1, 0.15) is 5.56 Å². The Labute approximate surface area is 126 Å². The lowest BCUT2D eigenvalue weighted by Crippen LogP contribution is -2.19. The molecule has 0 saturated heterocycles. The van der Waals surface area contributed by atoms with E-state index in [9.17, 15) is 18.0 Å². The lowest BCUT2D eigenvalue weighted by molar-refractivity contribution is -0.137. The summed E-state index contributed by atoms with van der Waals surface area (Å²) in [6, 6.07) is 4.68. The van der Waals surface area contributed by atoms with Gasteiger partial charge in [-0.15, -0.1) is 0 Å². The molecule has 1 amide bonds. The number of alkyl halides is 3.